The van der Waals surface area contributed by atoms with Gasteiger partial charge >= 0.3 is 0 Å². The van der Waals surface area contributed by atoms with Crippen molar-refractivity contribution in [1.82, 2.24) is 24.3 Å². The number of aryl methyl sites for hydroxylation is 1. The van der Waals surface area contributed by atoms with Gasteiger partial charge in [-0.2, -0.15) is 0 Å². The normalized spacial score (nSPS) is 17.1. The van der Waals surface area contributed by atoms with Crippen molar-refractivity contribution in [3.05, 3.63) is 45.1 Å². The maximum absolute atomic E-state index is 13.0. The van der Waals surface area contributed by atoms with E-state index >= 15 is 0 Å². The fourth-order valence-corrected chi connectivity index (χ4v) is 3.95. The Balaban J connectivity index is 1.67. The van der Waals surface area contributed by atoms with E-state index in [2.05, 4.69) is 26.4 Å². The van der Waals surface area contributed by atoms with Crippen molar-refractivity contribution in [2.75, 3.05) is 25.9 Å². The van der Waals surface area contributed by atoms with Crippen LogP contribution in [-0.4, -0.2) is 56.4 Å². The number of amides is 1. The minimum Gasteiger partial charge on any atom is -0.369 e. The van der Waals surface area contributed by atoms with Gasteiger partial charge in [-0.1, -0.05) is 0 Å². The van der Waals surface area contributed by atoms with Crippen molar-refractivity contribution in [2.45, 2.75) is 46.3 Å². The van der Waals surface area contributed by atoms with Crippen LogP contribution in [0.15, 0.2) is 16.9 Å². The summed E-state index contributed by atoms with van der Waals surface area (Å²) in [6, 6.07) is 3.68. The van der Waals surface area contributed by atoms with Gasteiger partial charge in [-0.25, -0.2) is 4.98 Å². The fourth-order valence-electron chi connectivity index (χ4n) is 3.95. The van der Waals surface area contributed by atoms with E-state index in [4.69, 9.17) is 5.73 Å². The van der Waals surface area contributed by atoms with Gasteiger partial charge in [-0.3, -0.25) is 19.5 Å². The number of nitrogens with two attached hydrogens (primary N) is 1. The molecule has 0 radical (unpaired) electrons. The Morgan fingerprint density at radius 1 is 1.41 bits per heavy atom. The van der Waals surface area contributed by atoms with Crippen LogP contribution in [0.4, 0.5) is 5.95 Å². The summed E-state index contributed by atoms with van der Waals surface area (Å²) < 4.78 is 2.16. The van der Waals surface area contributed by atoms with Crippen LogP contribution in [0, 0.1) is 13.8 Å². The number of nitrogens with zero attached hydrogens (tertiary/aromatic N) is 4. The predicted molar refractivity (Wildman–Crippen MR) is 105 cm³/mol. The summed E-state index contributed by atoms with van der Waals surface area (Å²) in [6.07, 6.45) is 0.896. The lowest BCUT2D eigenvalue weighted by molar-refractivity contribution is 0.0778. The Hall–Kier alpha value is -2.61. The van der Waals surface area contributed by atoms with Gasteiger partial charge in [-0.05, 0) is 40.3 Å². The lowest BCUT2D eigenvalue weighted by Gasteiger charge is -2.24. The Bertz CT molecular complexity index is 900. The summed E-state index contributed by atoms with van der Waals surface area (Å²) >= 11 is 0. The number of likely N-dealkylation sites (tertiary alicyclic amines) is 1. The SMILES string of the molecule is CCn1c(C)cc(C(=O)N2CC[C@H](N(C)Cc3cc(=O)[nH]c(N)n3)C2)c1C. The number of hydrogen-bond donors (Lipinski definition) is 2. The van der Waals surface area contributed by atoms with E-state index in [1.807, 2.05) is 31.9 Å². The lowest BCUT2D eigenvalue weighted by Crippen LogP contribution is -2.36. The van der Waals surface area contributed by atoms with Gasteiger partial charge < -0.3 is 15.2 Å². The number of hydrogen-bond acceptors (Lipinski definition) is 5. The van der Waals surface area contributed by atoms with Crippen LogP contribution < -0.4 is 11.3 Å². The average molecular weight is 372 g/mol. The molecule has 8 heteroatoms. The first-order valence-corrected chi connectivity index (χ1v) is 9.32. The topological polar surface area (TPSA) is 100 Å². The van der Waals surface area contributed by atoms with E-state index in [-0.39, 0.29) is 23.5 Å². The Morgan fingerprint density at radius 2 is 2.15 bits per heavy atom. The summed E-state index contributed by atoms with van der Waals surface area (Å²) in [5.74, 6) is 0.220. The summed E-state index contributed by atoms with van der Waals surface area (Å²) in [4.78, 5) is 35.2. The molecule has 0 saturated carbocycles. The van der Waals surface area contributed by atoms with Crippen molar-refractivity contribution in [2.24, 2.45) is 0 Å². The molecule has 3 heterocycles. The second-order valence-electron chi connectivity index (χ2n) is 7.26. The van der Waals surface area contributed by atoms with Crippen molar-refractivity contribution < 1.29 is 4.79 Å². The van der Waals surface area contributed by atoms with E-state index in [1.54, 1.807) is 0 Å². The van der Waals surface area contributed by atoms with Gasteiger partial charge in [0.05, 0.1) is 11.3 Å². The molecule has 0 spiro atoms. The molecule has 8 nitrogen and oxygen atoms in total. The number of aromatic nitrogens is 3. The van der Waals surface area contributed by atoms with E-state index in [0.29, 0.717) is 18.8 Å². The maximum Gasteiger partial charge on any atom is 0.255 e. The van der Waals surface area contributed by atoms with Crippen LogP contribution >= 0.6 is 0 Å². The minimum atomic E-state index is -0.250. The first-order valence-electron chi connectivity index (χ1n) is 9.32. The minimum absolute atomic E-state index is 0.0947. The summed E-state index contributed by atoms with van der Waals surface area (Å²) in [7, 11) is 1.99. The quantitative estimate of drug-likeness (QED) is 0.820. The molecule has 1 aliphatic heterocycles. The second kappa shape index (κ2) is 7.56. The predicted octanol–water partition coefficient (Wildman–Crippen LogP) is 1.14. The third-order valence-corrected chi connectivity index (χ3v) is 5.42. The zero-order valence-corrected chi connectivity index (χ0v) is 16.5. The highest BCUT2D eigenvalue weighted by Gasteiger charge is 2.31. The number of nitrogens with one attached hydrogen (secondary N) is 1. The number of H-pyrrole nitrogens is 1. The number of carbonyl (C=O) groups excluding carboxylic acids is 1. The fraction of sp³-hybridized carbons (Fsp3) is 0.526. The molecule has 2 aromatic rings. The van der Waals surface area contributed by atoms with Crippen molar-refractivity contribution >= 4 is 11.9 Å². The van der Waals surface area contributed by atoms with Gasteiger partial charge in [0.1, 0.15) is 0 Å². The molecular formula is C19H28N6O2. The molecule has 0 aromatic carbocycles. The highest BCUT2D eigenvalue weighted by molar-refractivity contribution is 5.96. The molecule has 1 amide bonds. The first-order chi connectivity index (χ1) is 12.8. The average Bonchev–Trinajstić information content (AvgIpc) is 3.18. The van der Waals surface area contributed by atoms with Crippen molar-refractivity contribution in [1.29, 1.82) is 0 Å². The molecule has 1 aliphatic rings. The Labute approximate surface area is 159 Å². The van der Waals surface area contributed by atoms with Crippen LogP contribution in [0.1, 0.15) is 40.8 Å². The molecule has 3 N–H and O–H groups in total. The molecule has 1 atom stereocenters. The van der Waals surface area contributed by atoms with E-state index in [9.17, 15) is 9.59 Å². The molecule has 0 unspecified atom stereocenters. The zero-order valence-electron chi connectivity index (χ0n) is 16.5. The van der Waals surface area contributed by atoms with Gasteiger partial charge in [0.25, 0.3) is 11.5 Å². The van der Waals surface area contributed by atoms with Crippen LogP contribution in [0.5, 0.6) is 0 Å². The largest absolute Gasteiger partial charge is 0.369 e. The number of anilines is 1. The first kappa shape index (κ1) is 19.2. The van der Waals surface area contributed by atoms with Crippen LogP contribution in [0.25, 0.3) is 0 Å². The number of likely N-dealkylation sites (N-methyl/N-ethyl adjacent to an activating group) is 1. The lowest BCUT2D eigenvalue weighted by atomic mass is 10.2. The third kappa shape index (κ3) is 3.90. The number of carbonyl (C=O) groups is 1. The van der Waals surface area contributed by atoms with Crippen LogP contribution in [-0.2, 0) is 13.1 Å². The van der Waals surface area contributed by atoms with Gasteiger partial charge in [-0.15, -0.1) is 0 Å². The third-order valence-electron chi connectivity index (χ3n) is 5.42. The van der Waals surface area contributed by atoms with E-state index < -0.39 is 0 Å². The highest BCUT2D eigenvalue weighted by Crippen LogP contribution is 2.22. The van der Waals surface area contributed by atoms with Gasteiger partial charge in [0.2, 0.25) is 5.95 Å². The summed E-state index contributed by atoms with van der Waals surface area (Å²) in [5.41, 5.74) is 8.94. The van der Waals surface area contributed by atoms with Crippen molar-refractivity contribution in [3.8, 4) is 0 Å². The zero-order chi connectivity index (χ0) is 19.7. The monoisotopic (exact) mass is 372 g/mol. The smallest absolute Gasteiger partial charge is 0.255 e. The van der Waals surface area contributed by atoms with Gasteiger partial charge in [0, 0.05) is 49.7 Å². The standard InChI is InChI=1S/C19H28N6O2/c1-5-25-12(2)8-16(13(25)3)18(27)24-7-6-15(11-24)23(4)10-14-9-17(26)22-19(20)21-14/h8-9,15H,5-7,10-11H2,1-4H3,(H3,20,21,22,26)/t15-/m0/s1. The molecule has 1 saturated heterocycles. The Morgan fingerprint density at radius 3 is 2.78 bits per heavy atom. The van der Waals surface area contributed by atoms with Crippen LogP contribution in [0.3, 0.4) is 0 Å². The number of rotatable bonds is 5. The van der Waals surface area contributed by atoms with E-state index in [1.165, 1.54) is 6.07 Å². The molecule has 3 rings (SSSR count). The molecular weight excluding hydrogens is 344 g/mol. The number of aromatic amines is 1. The molecule has 0 bridgehead atoms. The van der Waals surface area contributed by atoms with Crippen LogP contribution in [0.2, 0.25) is 0 Å². The Kier molecular flexibility index (Phi) is 5.36. The number of nitrogen functional groups attached to an aromatic ring is 1. The second-order valence-corrected chi connectivity index (χ2v) is 7.26. The summed E-state index contributed by atoms with van der Waals surface area (Å²) in [6.45, 7) is 8.91. The van der Waals surface area contributed by atoms with Crippen molar-refractivity contribution in [3.63, 3.8) is 0 Å². The van der Waals surface area contributed by atoms with E-state index in [0.717, 1.165) is 36.5 Å². The van der Waals surface area contributed by atoms with Gasteiger partial charge in [0.15, 0.2) is 0 Å². The maximum atomic E-state index is 13.0. The molecule has 0 aliphatic carbocycles. The molecule has 146 valence electrons. The molecule has 2 aromatic heterocycles. The molecule has 1 fully saturated rings. The molecule has 27 heavy (non-hydrogen) atoms. The summed E-state index contributed by atoms with van der Waals surface area (Å²) in [5, 5.41) is 0. The highest BCUT2D eigenvalue weighted by atomic mass is 16.2.